The Balaban J connectivity index is 1.89. The largest absolute Gasteiger partial charge is 0.507 e. The zero-order chi connectivity index (χ0) is 23.1. The second-order valence-electron chi connectivity index (χ2n) is 6.78. The number of hydrazone groups is 1. The summed E-state index contributed by atoms with van der Waals surface area (Å²) in [5.74, 6) is -0.181. The van der Waals surface area contributed by atoms with Crippen LogP contribution in [0.4, 0.5) is 5.69 Å². The number of nitrogens with zero attached hydrogens (tertiary/aromatic N) is 2. The van der Waals surface area contributed by atoms with Crippen molar-refractivity contribution in [2.24, 2.45) is 5.10 Å². The van der Waals surface area contributed by atoms with E-state index in [1.165, 1.54) is 31.4 Å². The molecule has 0 saturated heterocycles. The molecule has 3 rings (SSSR count). The molecule has 0 spiro atoms. The molecule has 0 unspecified atom stereocenters. The Kier molecular flexibility index (Phi) is 7.11. The summed E-state index contributed by atoms with van der Waals surface area (Å²) in [4.78, 5) is 12.7. The topological polar surface area (TPSA) is 108 Å². The number of carbonyl (C=O) groups excluding carboxylic acids is 1. The number of para-hydroxylation sites is 1. The fourth-order valence-electron chi connectivity index (χ4n) is 2.95. The molecule has 0 aliphatic carbocycles. The van der Waals surface area contributed by atoms with Crippen LogP contribution in [0, 0.1) is 0 Å². The van der Waals surface area contributed by atoms with E-state index in [1.807, 2.05) is 0 Å². The minimum atomic E-state index is -4.04. The van der Waals surface area contributed by atoms with Gasteiger partial charge >= 0.3 is 0 Å². The fraction of sp³-hybridized carbons (Fsp3) is 0.130. The molecule has 3 aromatic carbocycles. The van der Waals surface area contributed by atoms with Gasteiger partial charge in [0.15, 0.2) is 0 Å². The summed E-state index contributed by atoms with van der Waals surface area (Å²) in [6.45, 7) is 1.11. The number of amides is 1. The highest BCUT2D eigenvalue weighted by Gasteiger charge is 2.27. The fourth-order valence-corrected chi connectivity index (χ4v) is 4.39. The van der Waals surface area contributed by atoms with Gasteiger partial charge in [0.05, 0.1) is 23.4 Å². The van der Waals surface area contributed by atoms with Crippen LogP contribution in [0.5, 0.6) is 11.5 Å². The minimum Gasteiger partial charge on any atom is -0.507 e. The van der Waals surface area contributed by atoms with Gasteiger partial charge in [-0.15, -0.1) is 0 Å². The van der Waals surface area contributed by atoms with Crippen LogP contribution in [0.15, 0.2) is 88.9 Å². The molecule has 9 heteroatoms. The van der Waals surface area contributed by atoms with Gasteiger partial charge in [-0.25, -0.2) is 13.8 Å². The van der Waals surface area contributed by atoms with E-state index in [0.717, 1.165) is 4.31 Å². The molecule has 3 aromatic rings. The summed E-state index contributed by atoms with van der Waals surface area (Å²) in [7, 11) is -2.57. The van der Waals surface area contributed by atoms with Gasteiger partial charge in [0.25, 0.3) is 15.9 Å². The van der Waals surface area contributed by atoms with Crippen molar-refractivity contribution >= 4 is 27.3 Å². The van der Waals surface area contributed by atoms with Crippen LogP contribution in [0.2, 0.25) is 0 Å². The quantitative estimate of drug-likeness (QED) is 0.402. The molecule has 0 saturated carbocycles. The third-order valence-corrected chi connectivity index (χ3v) is 6.39. The van der Waals surface area contributed by atoms with Crippen molar-refractivity contribution in [2.75, 3.05) is 18.0 Å². The maximum atomic E-state index is 13.3. The summed E-state index contributed by atoms with van der Waals surface area (Å²) >= 11 is 0. The third-order valence-electron chi connectivity index (χ3n) is 4.60. The average Bonchev–Trinajstić information content (AvgIpc) is 2.81. The number of hydrogen-bond donors (Lipinski definition) is 2. The summed E-state index contributed by atoms with van der Waals surface area (Å²) in [6, 6.07) is 20.8. The first-order valence-corrected chi connectivity index (χ1v) is 11.1. The Morgan fingerprint density at radius 3 is 2.41 bits per heavy atom. The van der Waals surface area contributed by atoms with Crippen LogP contribution >= 0.6 is 0 Å². The molecular weight excluding hydrogens is 430 g/mol. The van der Waals surface area contributed by atoms with Gasteiger partial charge in [0.2, 0.25) is 0 Å². The minimum absolute atomic E-state index is 0.0210. The number of hydrogen-bond acceptors (Lipinski definition) is 6. The molecule has 8 nitrogen and oxygen atoms in total. The van der Waals surface area contributed by atoms with Gasteiger partial charge in [-0.2, -0.15) is 5.10 Å². The molecule has 166 valence electrons. The van der Waals surface area contributed by atoms with E-state index in [-0.39, 0.29) is 16.3 Å². The first-order valence-electron chi connectivity index (χ1n) is 9.66. The molecule has 0 aliphatic rings. The third kappa shape index (κ3) is 5.25. The number of phenols is 1. The van der Waals surface area contributed by atoms with Crippen LogP contribution in [0.25, 0.3) is 0 Å². The van der Waals surface area contributed by atoms with Crippen molar-refractivity contribution < 1.29 is 23.1 Å². The predicted octanol–water partition coefficient (Wildman–Crippen LogP) is 3.14. The Labute approximate surface area is 186 Å². The number of sulfonamides is 1. The van der Waals surface area contributed by atoms with Crippen molar-refractivity contribution in [1.82, 2.24) is 5.43 Å². The van der Waals surface area contributed by atoms with Crippen LogP contribution in [-0.2, 0) is 14.8 Å². The van der Waals surface area contributed by atoms with Crippen molar-refractivity contribution in [2.45, 2.75) is 11.8 Å². The Morgan fingerprint density at radius 1 is 1.03 bits per heavy atom. The van der Waals surface area contributed by atoms with Crippen LogP contribution in [-0.4, -0.2) is 38.8 Å². The van der Waals surface area contributed by atoms with Crippen LogP contribution < -0.4 is 14.5 Å². The lowest BCUT2D eigenvalue weighted by atomic mass is 10.1. The Hall–Kier alpha value is -3.85. The molecule has 0 aromatic heterocycles. The maximum Gasteiger partial charge on any atom is 0.264 e. The van der Waals surface area contributed by atoms with Gasteiger partial charge in [0.1, 0.15) is 18.0 Å². The van der Waals surface area contributed by atoms with E-state index in [4.69, 9.17) is 4.74 Å². The van der Waals surface area contributed by atoms with Gasteiger partial charge < -0.3 is 9.84 Å². The van der Waals surface area contributed by atoms with Gasteiger partial charge in [-0.05, 0) is 43.3 Å². The molecule has 0 aliphatic heterocycles. The summed E-state index contributed by atoms with van der Waals surface area (Å²) in [5, 5.41) is 13.9. The monoisotopic (exact) mass is 453 g/mol. The van der Waals surface area contributed by atoms with E-state index >= 15 is 0 Å². The Morgan fingerprint density at radius 2 is 1.72 bits per heavy atom. The van der Waals surface area contributed by atoms with Gasteiger partial charge in [0, 0.05) is 11.6 Å². The molecule has 0 atom stereocenters. The predicted molar refractivity (Wildman–Crippen MR) is 122 cm³/mol. The van der Waals surface area contributed by atoms with E-state index in [2.05, 4.69) is 10.5 Å². The molecule has 0 heterocycles. The SMILES string of the molecule is COc1cccc(N(CC(=O)N/N=C(/C)c2ccccc2O)S(=O)(=O)c2ccccc2)c1. The second kappa shape index (κ2) is 9.97. The second-order valence-corrected chi connectivity index (χ2v) is 8.64. The van der Waals surface area contributed by atoms with Crippen molar-refractivity contribution in [3.63, 3.8) is 0 Å². The molecule has 0 fully saturated rings. The number of carbonyl (C=O) groups is 1. The first-order chi connectivity index (χ1) is 15.3. The number of benzene rings is 3. The number of ether oxygens (including phenoxy) is 1. The summed E-state index contributed by atoms with van der Waals surface area (Å²) in [6.07, 6.45) is 0. The molecule has 1 amide bonds. The standard InChI is InChI=1S/C23H23N3O5S/c1-17(21-13-6-7-14-22(21)27)24-25-23(28)16-26(18-9-8-10-19(15-18)31-2)32(29,30)20-11-4-3-5-12-20/h3-15,27H,16H2,1-2H3,(H,25,28)/b24-17-. The van der Waals surface area contributed by atoms with Crippen molar-refractivity contribution in [3.05, 3.63) is 84.4 Å². The zero-order valence-corrected chi connectivity index (χ0v) is 18.4. The number of anilines is 1. The first kappa shape index (κ1) is 22.8. The number of rotatable bonds is 8. The number of phenolic OH excluding ortho intramolecular Hbond substituents is 1. The Bertz CT molecular complexity index is 1230. The molecule has 0 radical (unpaired) electrons. The smallest absolute Gasteiger partial charge is 0.264 e. The number of aromatic hydroxyl groups is 1. The van der Waals surface area contributed by atoms with E-state index in [1.54, 1.807) is 61.5 Å². The van der Waals surface area contributed by atoms with E-state index in [0.29, 0.717) is 17.0 Å². The normalized spacial score (nSPS) is 11.6. The summed E-state index contributed by atoms with van der Waals surface area (Å²) < 4.78 is 32.8. The van der Waals surface area contributed by atoms with E-state index in [9.17, 15) is 18.3 Å². The molecule has 2 N–H and O–H groups in total. The van der Waals surface area contributed by atoms with Crippen molar-refractivity contribution in [3.8, 4) is 11.5 Å². The van der Waals surface area contributed by atoms with Crippen LogP contribution in [0.3, 0.4) is 0 Å². The summed E-state index contributed by atoms with van der Waals surface area (Å²) in [5.41, 5.74) is 3.45. The van der Waals surface area contributed by atoms with Crippen LogP contribution in [0.1, 0.15) is 12.5 Å². The number of nitrogens with one attached hydrogen (secondary N) is 1. The maximum absolute atomic E-state index is 13.3. The average molecular weight is 454 g/mol. The molecule has 0 bridgehead atoms. The lowest BCUT2D eigenvalue weighted by Crippen LogP contribution is -2.39. The highest BCUT2D eigenvalue weighted by atomic mass is 32.2. The zero-order valence-electron chi connectivity index (χ0n) is 17.6. The lowest BCUT2D eigenvalue weighted by Gasteiger charge is -2.24. The highest BCUT2D eigenvalue weighted by molar-refractivity contribution is 7.92. The van der Waals surface area contributed by atoms with Gasteiger partial charge in [-0.1, -0.05) is 36.4 Å². The molecule has 32 heavy (non-hydrogen) atoms. The number of methoxy groups -OCH3 is 1. The lowest BCUT2D eigenvalue weighted by molar-refractivity contribution is -0.119. The van der Waals surface area contributed by atoms with Crippen molar-refractivity contribution in [1.29, 1.82) is 0 Å². The van der Waals surface area contributed by atoms with Gasteiger partial charge in [-0.3, -0.25) is 9.10 Å². The van der Waals surface area contributed by atoms with E-state index < -0.39 is 22.5 Å². The highest BCUT2D eigenvalue weighted by Crippen LogP contribution is 2.26. The molecular formula is C23H23N3O5S.